The summed E-state index contributed by atoms with van der Waals surface area (Å²) >= 11 is 0. The smallest absolute Gasteiger partial charge is 0.118 e. The van der Waals surface area contributed by atoms with Gasteiger partial charge in [-0.15, -0.1) is 0 Å². The summed E-state index contributed by atoms with van der Waals surface area (Å²) in [6.07, 6.45) is 20.2. The molecule has 0 radical (unpaired) electrons. The van der Waals surface area contributed by atoms with E-state index in [4.69, 9.17) is 19.4 Å². The van der Waals surface area contributed by atoms with Gasteiger partial charge in [-0.3, -0.25) is 0 Å². The summed E-state index contributed by atoms with van der Waals surface area (Å²) in [5, 5.41) is 0. The Labute approximate surface area is 307 Å². The largest absolute Gasteiger partial charge is 0.497 e. The standard InChI is InChI=1S/C46H50N4O2/c1-5-7-9-11-13-35-37-23-24-38(47-37)36(14-12-10-8-6-2)40-26-28-42(49-40)46(32-17-21-34(52-4)22-18-32)44-30-29-43(50-44)45(41-27-25-39(35)48-41)31-15-19-33(51-3)20-16-31/h15-30,48-49H,5-14H2,1-4H3. The number of benzene rings is 2. The fraction of sp³-hybridized carbons (Fsp3) is 0.304. The molecule has 8 bridgehead atoms. The van der Waals surface area contributed by atoms with Gasteiger partial charge in [-0.2, -0.15) is 0 Å². The third kappa shape index (κ3) is 7.48. The molecule has 3 aromatic heterocycles. The predicted molar refractivity (Wildman–Crippen MR) is 219 cm³/mol. The van der Waals surface area contributed by atoms with Gasteiger partial charge < -0.3 is 19.4 Å². The van der Waals surface area contributed by atoms with Gasteiger partial charge in [0, 0.05) is 44.3 Å². The lowest BCUT2D eigenvalue weighted by Crippen LogP contribution is -1.94. The van der Waals surface area contributed by atoms with Crippen molar-refractivity contribution in [1.82, 2.24) is 19.9 Å². The number of H-pyrrole nitrogens is 2. The van der Waals surface area contributed by atoms with Crippen LogP contribution in [0.1, 0.15) is 99.1 Å². The summed E-state index contributed by atoms with van der Waals surface area (Å²) in [7, 11) is 3.40. The first-order valence-electron chi connectivity index (χ1n) is 19.0. The molecular formula is C46H50N4O2. The number of nitrogens with one attached hydrogen (secondary N) is 2. The number of methoxy groups -OCH3 is 2. The molecule has 0 atom stereocenters. The predicted octanol–water partition coefficient (Wildman–Crippen LogP) is 12.3. The SMILES string of the molecule is CCCCCCc1c2nc(c(CCCCCC)c3ccc([nH]3)c(-c3ccc(OC)cc3)c3nc(c(-c4ccc(OC)cc4)c4ccc1[nH]4)C=C3)C=C2. The Morgan fingerprint density at radius 2 is 0.827 bits per heavy atom. The minimum atomic E-state index is 0.820. The van der Waals surface area contributed by atoms with Crippen LogP contribution in [0.4, 0.5) is 0 Å². The number of unbranched alkanes of at least 4 members (excludes halogenated alkanes) is 6. The first-order chi connectivity index (χ1) is 25.6. The van der Waals surface area contributed by atoms with Gasteiger partial charge in [0.2, 0.25) is 0 Å². The second-order valence-corrected chi connectivity index (χ2v) is 13.8. The Kier molecular flexibility index (Phi) is 11.0. The zero-order valence-electron chi connectivity index (χ0n) is 31.0. The summed E-state index contributed by atoms with van der Waals surface area (Å²) < 4.78 is 11.1. The quantitative estimate of drug-likeness (QED) is 0.111. The molecule has 2 aromatic carbocycles. The van der Waals surface area contributed by atoms with Crippen molar-refractivity contribution in [3.8, 4) is 33.8 Å². The van der Waals surface area contributed by atoms with Crippen LogP contribution in [0.2, 0.25) is 0 Å². The zero-order chi connectivity index (χ0) is 35.9. The van der Waals surface area contributed by atoms with E-state index in [0.717, 1.165) is 104 Å². The monoisotopic (exact) mass is 690 g/mol. The highest BCUT2D eigenvalue weighted by Gasteiger charge is 2.18. The molecule has 266 valence electrons. The van der Waals surface area contributed by atoms with Crippen molar-refractivity contribution in [2.45, 2.75) is 78.1 Å². The molecule has 2 N–H and O–H groups in total. The van der Waals surface area contributed by atoms with Crippen LogP contribution in [-0.4, -0.2) is 34.2 Å². The molecule has 5 heterocycles. The third-order valence-electron chi connectivity index (χ3n) is 10.3. The molecule has 0 fully saturated rings. The fourth-order valence-corrected chi connectivity index (χ4v) is 7.43. The van der Waals surface area contributed by atoms with Crippen LogP contribution in [0, 0.1) is 0 Å². The van der Waals surface area contributed by atoms with E-state index in [1.807, 2.05) is 24.3 Å². The van der Waals surface area contributed by atoms with Crippen LogP contribution in [0.25, 0.3) is 68.6 Å². The Bertz CT molecular complexity index is 2080. The first-order valence-corrected chi connectivity index (χ1v) is 19.0. The maximum absolute atomic E-state index is 5.53. The number of hydrogen-bond donors (Lipinski definition) is 2. The molecule has 2 aliphatic heterocycles. The van der Waals surface area contributed by atoms with Crippen molar-refractivity contribution >= 4 is 46.4 Å². The molecule has 0 saturated heterocycles. The fourth-order valence-electron chi connectivity index (χ4n) is 7.43. The van der Waals surface area contributed by atoms with Crippen LogP contribution >= 0.6 is 0 Å². The van der Waals surface area contributed by atoms with Crippen LogP contribution in [0.3, 0.4) is 0 Å². The lowest BCUT2D eigenvalue weighted by Gasteiger charge is -2.08. The molecule has 0 saturated carbocycles. The van der Waals surface area contributed by atoms with Gasteiger partial charge in [0.1, 0.15) is 11.5 Å². The molecule has 0 aliphatic carbocycles. The van der Waals surface area contributed by atoms with Gasteiger partial charge in [-0.05, 0) is 110 Å². The molecular weight excluding hydrogens is 641 g/mol. The van der Waals surface area contributed by atoms with Gasteiger partial charge in [0.25, 0.3) is 0 Å². The minimum absolute atomic E-state index is 0.820. The normalized spacial score (nSPS) is 12.1. The summed E-state index contributed by atoms with van der Waals surface area (Å²) in [4.78, 5) is 18.5. The van der Waals surface area contributed by atoms with Crippen molar-refractivity contribution < 1.29 is 9.47 Å². The topological polar surface area (TPSA) is 75.8 Å². The van der Waals surface area contributed by atoms with Crippen molar-refractivity contribution in [1.29, 1.82) is 0 Å². The van der Waals surface area contributed by atoms with Crippen molar-refractivity contribution in [3.63, 3.8) is 0 Å². The number of aromatic amines is 2. The summed E-state index contributed by atoms with van der Waals surface area (Å²) in [5.74, 6) is 1.64. The van der Waals surface area contributed by atoms with E-state index < -0.39 is 0 Å². The Morgan fingerprint density at radius 1 is 0.442 bits per heavy atom. The number of aryl methyl sites for hydroxylation is 2. The average molecular weight is 691 g/mol. The van der Waals surface area contributed by atoms with Crippen molar-refractivity contribution in [3.05, 3.63) is 107 Å². The number of nitrogens with zero attached hydrogens (tertiary/aromatic N) is 2. The van der Waals surface area contributed by atoms with Gasteiger partial charge in [0.15, 0.2) is 0 Å². The molecule has 0 spiro atoms. The van der Waals surface area contributed by atoms with Crippen LogP contribution in [0.15, 0.2) is 72.8 Å². The molecule has 6 nitrogen and oxygen atoms in total. The first kappa shape index (κ1) is 35.1. The molecule has 7 rings (SSSR count). The molecule has 0 unspecified atom stereocenters. The molecule has 6 heteroatoms. The van der Waals surface area contributed by atoms with E-state index in [0.29, 0.717) is 0 Å². The van der Waals surface area contributed by atoms with Crippen molar-refractivity contribution in [2.24, 2.45) is 0 Å². The van der Waals surface area contributed by atoms with Crippen LogP contribution < -0.4 is 9.47 Å². The van der Waals surface area contributed by atoms with Gasteiger partial charge >= 0.3 is 0 Å². The highest BCUT2D eigenvalue weighted by Crippen LogP contribution is 2.36. The van der Waals surface area contributed by atoms with Crippen LogP contribution in [0.5, 0.6) is 11.5 Å². The maximum atomic E-state index is 5.53. The molecule has 0 amide bonds. The second-order valence-electron chi connectivity index (χ2n) is 13.8. The van der Waals surface area contributed by atoms with E-state index in [9.17, 15) is 0 Å². The number of hydrogen-bond acceptors (Lipinski definition) is 4. The highest BCUT2D eigenvalue weighted by atomic mass is 16.5. The van der Waals surface area contributed by atoms with E-state index >= 15 is 0 Å². The Balaban J connectivity index is 1.55. The average Bonchev–Trinajstić information content (AvgIpc) is 4.02. The van der Waals surface area contributed by atoms with Gasteiger partial charge in [-0.25, -0.2) is 9.97 Å². The Morgan fingerprint density at radius 3 is 1.23 bits per heavy atom. The minimum Gasteiger partial charge on any atom is -0.497 e. The van der Waals surface area contributed by atoms with Crippen molar-refractivity contribution in [2.75, 3.05) is 14.2 Å². The van der Waals surface area contributed by atoms with E-state index in [1.54, 1.807) is 14.2 Å². The van der Waals surface area contributed by atoms with E-state index in [-0.39, 0.29) is 0 Å². The lowest BCUT2D eigenvalue weighted by atomic mass is 10.0. The number of rotatable bonds is 14. The zero-order valence-corrected chi connectivity index (χ0v) is 31.0. The number of fused-ring (bicyclic) bond motifs is 8. The van der Waals surface area contributed by atoms with Crippen LogP contribution in [-0.2, 0) is 12.8 Å². The summed E-state index contributed by atoms with van der Waals surface area (Å²) in [5.41, 5.74) is 14.9. The van der Waals surface area contributed by atoms with Gasteiger partial charge in [0.05, 0.1) is 37.0 Å². The Hall–Kier alpha value is -5.36. The van der Waals surface area contributed by atoms with Gasteiger partial charge in [-0.1, -0.05) is 76.6 Å². The van der Waals surface area contributed by atoms with E-state index in [1.165, 1.54) is 49.7 Å². The highest BCUT2D eigenvalue weighted by molar-refractivity contribution is 5.96. The molecule has 5 aromatic rings. The third-order valence-corrected chi connectivity index (χ3v) is 10.3. The molecule has 2 aliphatic rings. The summed E-state index contributed by atoms with van der Waals surface area (Å²) in [6, 6.07) is 25.4. The maximum Gasteiger partial charge on any atom is 0.118 e. The molecule has 52 heavy (non-hydrogen) atoms. The number of ether oxygens (including phenoxy) is 2. The lowest BCUT2D eigenvalue weighted by molar-refractivity contribution is 0.415. The van der Waals surface area contributed by atoms with E-state index in [2.05, 4.69) is 96.7 Å². The second kappa shape index (κ2) is 16.3. The number of aromatic nitrogens is 4. The summed E-state index contributed by atoms with van der Waals surface area (Å²) in [6.45, 7) is 4.53.